The topological polar surface area (TPSA) is 82.6 Å². The molecule has 3 aromatic rings. The minimum Gasteiger partial charge on any atom is -0.493 e. The van der Waals surface area contributed by atoms with Crippen molar-refractivity contribution in [3.8, 4) is 17.0 Å². The van der Waals surface area contributed by atoms with Crippen molar-refractivity contribution in [2.75, 3.05) is 50.5 Å². The summed E-state index contributed by atoms with van der Waals surface area (Å²) in [4.78, 5) is 25.4. The molecule has 1 amide bonds. The monoisotopic (exact) mass is 538 g/mol. The molecule has 0 aliphatic carbocycles. The van der Waals surface area contributed by atoms with E-state index in [0.29, 0.717) is 18.5 Å². The Labute approximate surface area is 236 Å². The van der Waals surface area contributed by atoms with Gasteiger partial charge in [0.25, 0.3) is 0 Å². The summed E-state index contributed by atoms with van der Waals surface area (Å²) < 4.78 is 5.97. The van der Waals surface area contributed by atoms with Crippen LogP contribution in [0.1, 0.15) is 24.8 Å². The van der Waals surface area contributed by atoms with E-state index in [2.05, 4.69) is 64.5 Å². The summed E-state index contributed by atoms with van der Waals surface area (Å²) in [5.74, 6) is 1.91. The third kappa shape index (κ3) is 7.48. The second-order valence-corrected chi connectivity index (χ2v) is 10.5. The predicted molar refractivity (Wildman–Crippen MR) is 161 cm³/mol. The number of nitrogens with zero attached hydrogens (tertiary/aromatic N) is 4. The Kier molecular flexibility index (Phi) is 9.08. The van der Waals surface area contributed by atoms with Crippen LogP contribution in [0.5, 0.6) is 5.75 Å². The molecule has 6 bridgehead atoms. The molecule has 0 spiro atoms. The Hall–Kier alpha value is -4.17. The third-order valence-corrected chi connectivity index (χ3v) is 7.28. The number of rotatable bonds is 5. The highest BCUT2D eigenvalue weighted by Crippen LogP contribution is 2.27. The summed E-state index contributed by atoms with van der Waals surface area (Å²) >= 11 is 0. The van der Waals surface area contributed by atoms with Crippen LogP contribution in [0.3, 0.4) is 0 Å². The third-order valence-electron chi connectivity index (χ3n) is 7.28. The Morgan fingerprint density at radius 2 is 2.15 bits per heavy atom. The van der Waals surface area contributed by atoms with Crippen molar-refractivity contribution in [2.24, 2.45) is 5.92 Å². The Morgan fingerprint density at radius 3 is 3.05 bits per heavy atom. The highest BCUT2D eigenvalue weighted by atomic mass is 16.5. The molecule has 8 heteroatoms. The van der Waals surface area contributed by atoms with Crippen LogP contribution in [-0.4, -0.2) is 65.5 Å². The van der Waals surface area contributed by atoms with Gasteiger partial charge < -0.3 is 20.3 Å². The molecule has 0 saturated carbocycles. The van der Waals surface area contributed by atoms with Crippen molar-refractivity contribution in [2.45, 2.75) is 25.8 Å². The average molecular weight is 539 g/mol. The maximum absolute atomic E-state index is 11.9. The summed E-state index contributed by atoms with van der Waals surface area (Å²) in [6.07, 6.45) is 10.5. The fraction of sp³-hybridized carbons (Fsp3) is 0.344. The largest absolute Gasteiger partial charge is 0.493 e. The SMILES string of the molecule is C=CC(=O)N1CCC(CCNc2cc3cc(c2)Nc2nccc(n2)-c2cccc(c2)OCC/C=C/CN(C)C3)C1. The number of anilines is 3. The van der Waals surface area contributed by atoms with E-state index in [9.17, 15) is 4.79 Å². The zero-order chi connectivity index (χ0) is 27.7. The normalized spacial score (nSPS) is 18.5. The smallest absolute Gasteiger partial charge is 0.245 e. The molecular formula is C32H38N6O2. The standard InChI is InChI=1S/C32H38N6O2/c1-3-31(39)38-16-12-24(23-38)10-13-33-27-18-25-19-28(21-27)35-32-34-14-11-30(36-32)26-8-7-9-29(20-26)40-17-6-4-5-15-37(2)22-25/h3-5,7-9,11,14,18-21,24,33H,1,6,10,12-13,15-17,22-23H2,2H3,(H,34,35,36)/b5-4+. The van der Waals surface area contributed by atoms with Crippen molar-refractivity contribution in [3.63, 3.8) is 0 Å². The van der Waals surface area contributed by atoms with Gasteiger partial charge in [-0.15, -0.1) is 0 Å². The number of likely N-dealkylation sites (tertiary alicyclic amines) is 1. The fourth-order valence-corrected chi connectivity index (χ4v) is 5.22. The van der Waals surface area contributed by atoms with Gasteiger partial charge in [0.1, 0.15) is 5.75 Å². The second-order valence-electron chi connectivity index (χ2n) is 10.5. The number of carbonyl (C=O) groups is 1. The molecule has 1 fully saturated rings. The van der Waals surface area contributed by atoms with Crippen LogP contribution < -0.4 is 15.4 Å². The minimum atomic E-state index is 0.0299. The highest BCUT2D eigenvalue weighted by molar-refractivity contribution is 5.87. The number of hydrogen-bond acceptors (Lipinski definition) is 7. The Bertz CT molecular complexity index is 1360. The Balaban J connectivity index is 1.34. The van der Waals surface area contributed by atoms with Crippen LogP contribution in [0.4, 0.5) is 17.3 Å². The molecule has 1 aromatic heterocycles. The lowest BCUT2D eigenvalue weighted by Crippen LogP contribution is -2.26. The quantitative estimate of drug-likeness (QED) is 0.328. The number of fused-ring (bicyclic) bond motifs is 7. The van der Waals surface area contributed by atoms with Gasteiger partial charge >= 0.3 is 0 Å². The number of benzene rings is 2. The van der Waals surface area contributed by atoms with Crippen LogP contribution in [0, 0.1) is 5.92 Å². The molecule has 2 aromatic carbocycles. The number of ether oxygens (including phenoxy) is 1. The van der Waals surface area contributed by atoms with Crippen LogP contribution >= 0.6 is 0 Å². The van der Waals surface area contributed by atoms with Crippen molar-refractivity contribution in [3.05, 3.63) is 85.1 Å². The van der Waals surface area contributed by atoms with Crippen LogP contribution in [0.15, 0.2) is 79.5 Å². The number of likely N-dealkylation sites (N-methyl/N-ethyl adjacent to an activating group) is 1. The van der Waals surface area contributed by atoms with E-state index in [-0.39, 0.29) is 5.91 Å². The first-order valence-corrected chi connectivity index (χ1v) is 14.0. The van der Waals surface area contributed by atoms with E-state index in [1.165, 1.54) is 11.6 Å². The summed E-state index contributed by atoms with van der Waals surface area (Å²) in [7, 11) is 2.13. The van der Waals surface area contributed by atoms with Crippen molar-refractivity contribution >= 4 is 23.2 Å². The molecule has 0 radical (unpaired) electrons. The zero-order valence-corrected chi connectivity index (χ0v) is 23.2. The molecule has 3 heterocycles. The molecular weight excluding hydrogens is 500 g/mol. The lowest BCUT2D eigenvalue weighted by Gasteiger charge is -2.18. The molecule has 40 heavy (non-hydrogen) atoms. The van der Waals surface area contributed by atoms with Crippen molar-refractivity contribution in [1.29, 1.82) is 0 Å². The number of nitrogens with one attached hydrogen (secondary N) is 2. The minimum absolute atomic E-state index is 0.0299. The molecule has 2 aliphatic rings. The number of aromatic nitrogens is 2. The average Bonchev–Trinajstić information content (AvgIpc) is 3.43. The molecule has 1 atom stereocenters. The van der Waals surface area contributed by atoms with Crippen molar-refractivity contribution in [1.82, 2.24) is 19.8 Å². The lowest BCUT2D eigenvalue weighted by molar-refractivity contribution is -0.125. The highest BCUT2D eigenvalue weighted by Gasteiger charge is 2.24. The van der Waals surface area contributed by atoms with Gasteiger partial charge in [0, 0.05) is 55.9 Å². The summed E-state index contributed by atoms with van der Waals surface area (Å²) in [6.45, 7) is 8.36. The molecule has 2 aliphatic heterocycles. The van der Waals surface area contributed by atoms with Gasteiger partial charge in [-0.25, -0.2) is 9.97 Å². The fourth-order valence-electron chi connectivity index (χ4n) is 5.22. The van der Waals surface area contributed by atoms with Gasteiger partial charge in [-0.05, 0) is 80.3 Å². The first kappa shape index (κ1) is 27.4. The van der Waals surface area contributed by atoms with Gasteiger partial charge in [-0.1, -0.05) is 30.9 Å². The Morgan fingerprint density at radius 1 is 1.23 bits per heavy atom. The lowest BCUT2D eigenvalue weighted by atomic mass is 10.1. The first-order chi connectivity index (χ1) is 19.6. The zero-order valence-electron chi connectivity index (χ0n) is 23.2. The molecule has 8 nitrogen and oxygen atoms in total. The molecule has 1 saturated heterocycles. The van der Waals surface area contributed by atoms with Gasteiger partial charge in [0.15, 0.2) is 0 Å². The van der Waals surface area contributed by atoms with E-state index in [1.54, 1.807) is 6.20 Å². The van der Waals surface area contributed by atoms with Gasteiger partial charge in [-0.2, -0.15) is 0 Å². The molecule has 5 rings (SSSR count). The van der Waals surface area contributed by atoms with Crippen LogP contribution in [-0.2, 0) is 11.3 Å². The summed E-state index contributed by atoms with van der Waals surface area (Å²) in [5.41, 5.74) is 5.00. The predicted octanol–water partition coefficient (Wildman–Crippen LogP) is 5.49. The van der Waals surface area contributed by atoms with Crippen LogP contribution in [0.2, 0.25) is 0 Å². The molecule has 2 N–H and O–H groups in total. The molecule has 208 valence electrons. The van der Waals surface area contributed by atoms with E-state index in [4.69, 9.17) is 9.72 Å². The van der Waals surface area contributed by atoms with Gasteiger partial charge in [0.05, 0.1) is 12.3 Å². The number of hydrogen-bond donors (Lipinski definition) is 2. The summed E-state index contributed by atoms with van der Waals surface area (Å²) in [5, 5.41) is 7.05. The van der Waals surface area contributed by atoms with Crippen molar-refractivity contribution < 1.29 is 9.53 Å². The maximum atomic E-state index is 11.9. The maximum Gasteiger partial charge on any atom is 0.245 e. The van der Waals surface area contributed by atoms with Gasteiger partial charge in [-0.3, -0.25) is 9.69 Å². The number of amides is 1. The van der Waals surface area contributed by atoms with E-state index in [1.807, 2.05) is 35.2 Å². The van der Waals surface area contributed by atoms with Crippen LogP contribution in [0.25, 0.3) is 11.3 Å². The number of carbonyl (C=O) groups excluding carboxylic acids is 1. The van der Waals surface area contributed by atoms with Gasteiger partial charge in [0.2, 0.25) is 11.9 Å². The first-order valence-electron chi connectivity index (χ1n) is 14.0. The summed E-state index contributed by atoms with van der Waals surface area (Å²) in [6, 6.07) is 16.4. The molecule has 1 unspecified atom stereocenters. The van der Waals surface area contributed by atoms with E-state index in [0.717, 1.165) is 80.4 Å². The van der Waals surface area contributed by atoms with E-state index >= 15 is 0 Å². The van der Waals surface area contributed by atoms with E-state index < -0.39 is 0 Å². The second kappa shape index (κ2) is 13.3.